The van der Waals surface area contributed by atoms with Crippen molar-refractivity contribution in [2.45, 2.75) is 19.3 Å². The first kappa shape index (κ1) is 14.4. The van der Waals surface area contributed by atoms with Gasteiger partial charge >= 0.3 is 0 Å². The fraction of sp³-hybridized carbons (Fsp3) is 0.467. The third kappa shape index (κ3) is 3.29. The van der Waals surface area contributed by atoms with Gasteiger partial charge in [0.2, 0.25) is 11.8 Å². The number of ether oxygens (including phenoxy) is 1. The minimum atomic E-state index is -0.320. The molecular formula is C15H20N2O3. The fourth-order valence-corrected chi connectivity index (χ4v) is 2.56. The quantitative estimate of drug-likeness (QED) is 0.890. The van der Waals surface area contributed by atoms with E-state index in [1.165, 1.54) is 0 Å². The molecule has 0 radical (unpaired) electrons. The van der Waals surface area contributed by atoms with E-state index in [0.29, 0.717) is 18.8 Å². The van der Waals surface area contributed by atoms with Crippen molar-refractivity contribution in [1.29, 1.82) is 0 Å². The number of likely N-dealkylation sites (tertiary alicyclic amines) is 1. The summed E-state index contributed by atoms with van der Waals surface area (Å²) in [5.41, 5.74) is 6.19. The van der Waals surface area contributed by atoms with Crippen LogP contribution in [0, 0.1) is 5.92 Å². The Hall–Kier alpha value is -2.04. The van der Waals surface area contributed by atoms with Gasteiger partial charge in [-0.25, -0.2) is 0 Å². The third-order valence-corrected chi connectivity index (χ3v) is 3.71. The molecule has 0 saturated carbocycles. The molecule has 1 saturated heterocycles. The van der Waals surface area contributed by atoms with E-state index < -0.39 is 0 Å². The number of carbonyl (C=O) groups excluding carboxylic acids is 2. The Morgan fingerprint density at radius 2 is 2.15 bits per heavy atom. The number of carbonyl (C=O) groups is 2. The topological polar surface area (TPSA) is 72.6 Å². The summed E-state index contributed by atoms with van der Waals surface area (Å²) in [5, 5.41) is 0. The molecule has 1 aromatic carbocycles. The number of methoxy groups -OCH3 is 1. The molecule has 0 bridgehead atoms. The number of para-hydroxylation sites is 1. The van der Waals surface area contributed by atoms with E-state index in [9.17, 15) is 9.59 Å². The van der Waals surface area contributed by atoms with Crippen LogP contribution in [0.2, 0.25) is 0 Å². The molecule has 2 N–H and O–H groups in total. The molecule has 0 aromatic heterocycles. The molecule has 1 aliphatic heterocycles. The molecule has 2 rings (SSSR count). The summed E-state index contributed by atoms with van der Waals surface area (Å²) in [6.45, 7) is 1.13. The Morgan fingerprint density at radius 1 is 1.40 bits per heavy atom. The minimum absolute atomic E-state index is 0.0143. The highest BCUT2D eigenvalue weighted by atomic mass is 16.5. The smallest absolute Gasteiger partial charge is 0.227 e. The average molecular weight is 276 g/mol. The van der Waals surface area contributed by atoms with Crippen molar-refractivity contribution in [3.05, 3.63) is 29.8 Å². The van der Waals surface area contributed by atoms with Crippen LogP contribution >= 0.6 is 0 Å². The van der Waals surface area contributed by atoms with Gasteiger partial charge in [-0.3, -0.25) is 9.59 Å². The van der Waals surface area contributed by atoms with Crippen molar-refractivity contribution < 1.29 is 14.3 Å². The zero-order valence-corrected chi connectivity index (χ0v) is 11.7. The Bertz CT molecular complexity index is 502. The van der Waals surface area contributed by atoms with Crippen LogP contribution in [0.4, 0.5) is 0 Å². The van der Waals surface area contributed by atoms with Gasteiger partial charge < -0.3 is 15.4 Å². The summed E-state index contributed by atoms with van der Waals surface area (Å²) in [4.78, 5) is 25.3. The maximum absolute atomic E-state index is 12.3. The molecular weight excluding hydrogens is 256 g/mol. The van der Waals surface area contributed by atoms with E-state index in [1.54, 1.807) is 12.0 Å². The van der Waals surface area contributed by atoms with Gasteiger partial charge in [0.25, 0.3) is 0 Å². The van der Waals surface area contributed by atoms with Crippen molar-refractivity contribution in [3.8, 4) is 5.75 Å². The van der Waals surface area contributed by atoms with Crippen LogP contribution in [0.1, 0.15) is 18.4 Å². The number of nitrogens with zero attached hydrogens (tertiary/aromatic N) is 1. The Kier molecular flexibility index (Phi) is 4.61. The predicted molar refractivity (Wildman–Crippen MR) is 75.2 cm³/mol. The van der Waals surface area contributed by atoms with Crippen LogP contribution in [-0.2, 0) is 16.0 Å². The van der Waals surface area contributed by atoms with Gasteiger partial charge in [-0.05, 0) is 18.9 Å². The molecule has 0 spiro atoms. The summed E-state index contributed by atoms with van der Waals surface area (Å²) >= 11 is 0. The van der Waals surface area contributed by atoms with Gasteiger partial charge in [0.05, 0.1) is 19.4 Å². The highest BCUT2D eigenvalue weighted by Crippen LogP contribution is 2.21. The summed E-state index contributed by atoms with van der Waals surface area (Å²) in [6, 6.07) is 7.47. The number of piperidine rings is 1. The average Bonchev–Trinajstić information content (AvgIpc) is 2.48. The second-order valence-corrected chi connectivity index (χ2v) is 5.07. The Morgan fingerprint density at radius 3 is 2.85 bits per heavy atom. The van der Waals surface area contributed by atoms with E-state index in [2.05, 4.69) is 0 Å². The molecule has 1 atom stereocenters. The van der Waals surface area contributed by atoms with Gasteiger partial charge in [0, 0.05) is 18.7 Å². The molecule has 1 aliphatic rings. The summed E-state index contributed by atoms with van der Waals surface area (Å²) in [7, 11) is 1.59. The van der Waals surface area contributed by atoms with Gasteiger partial charge in [-0.15, -0.1) is 0 Å². The van der Waals surface area contributed by atoms with Crippen LogP contribution in [0.25, 0.3) is 0 Å². The van der Waals surface area contributed by atoms with Crippen molar-refractivity contribution in [2.24, 2.45) is 11.7 Å². The number of nitrogens with two attached hydrogens (primary N) is 1. The van der Waals surface area contributed by atoms with Crippen molar-refractivity contribution >= 4 is 11.8 Å². The lowest BCUT2D eigenvalue weighted by Crippen LogP contribution is -2.44. The molecule has 1 fully saturated rings. The van der Waals surface area contributed by atoms with Crippen LogP contribution in [-0.4, -0.2) is 36.9 Å². The lowest BCUT2D eigenvalue weighted by atomic mass is 9.97. The fourth-order valence-electron chi connectivity index (χ4n) is 2.56. The molecule has 2 amide bonds. The van der Waals surface area contributed by atoms with Gasteiger partial charge in [0.15, 0.2) is 0 Å². The number of amides is 2. The molecule has 1 heterocycles. The highest BCUT2D eigenvalue weighted by molar-refractivity contribution is 5.82. The first-order chi connectivity index (χ1) is 9.61. The maximum atomic E-state index is 12.3. The number of rotatable bonds is 4. The first-order valence-electron chi connectivity index (χ1n) is 6.80. The number of hydrogen-bond acceptors (Lipinski definition) is 3. The molecule has 108 valence electrons. The van der Waals surface area contributed by atoms with E-state index in [-0.39, 0.29) is 24.2 Å². The summed E-state index contributed by atoms with van der Waals surface area (Å²) in [6.07, 6.45) is 1.88. The molecule has 5 nitrogen and oxygen atoms in total. The molecule has 0 unspecified atom stereocenters. The zero-order chi connectivity index (χ0) is 14.5. The third-order valence-electron chi connectivity index (χ3n) is 3.71. The van der Waals surface area contributed by atoms with Crippen LogP contribution in [0.5, 0.6) is 5.75 Å². The largest absolute Gasteiger partial charge is 0.496 e. The highest BCUT2D eigenvalue weighted by Gasteiger charge is 2.27. The number of primary amides is 1. The van der Waals surface area contributed by atoms with E-state index in [4.69, 9.17) is 10.5 Å². The second-order valence-electron chi connectivity index (χ2n) is 5.07. The zero-order valence-electron chi connectivity index (χ0n) is 11.7. The molecule has 5 heteroatoms. The molecule has 1 aromatic rings. The number of benzene rings is 1. The summed E-state index contributed by atoms with van der Waals surface area (Å²) in [5.74, 6) is 0.190. The van der Waals surface area contributed by atoms with Crippen LogP contribution < -0.4 is 10.5 Å². The summed E-state index contributed by atoms with van der Waals surface area (Å²) < 4.78 is 5.25. The van der Waals surface area contributed by atoms with Crippen LogP contribution in [0.15, 0.2) is 24.3 Å². The number of hydrogen-bond donors (Lipinski definition) is 1. The van der Waals surface area contributed by atoms with Crippen LogP contribution in [0.3, 0.4) is 0 Å². The van der Waals surface area contributed by atoms with Crippen molar-refractivity contribution in [3.63, 3.8) is 0 Å². The Balaban J connectivity index is 2.02. The SMILES string of the molecule is COc1ccccc1CC(=O)N1CCC[C@H](C(N)=O)C1. The van der Waals surface area contributed by atoms with Crippen molar-refractivity contribution in [1.82, 2.24) is 4.90 Å². The maximum Gasteiger partial charge on any atom is 0.227 e. The second kappa shape index (κ2) is 6.41. The lowest BCUT2D eigenvalue weighted by Gasteiger charge is -2.31. The molecule has 0 aliphatic carbocycles. The first-order valence-corrected chi connectivity index (χ1v) is 6.80. The van der Waals surface area contributed by atoms with E-state index in [1.807, 2.05) is 24.3 Å². The van der Waals surface area contributed by atoms with Gasteiger partial charge in [-0.1, -0.05) is 18.2 Å². The van der Waals surface area contributed by atoms with Gasteiger partial charge in [-0.2, -0.15) is 0 Å². The monoisotopic (exact) mass is 276 g/mol. The standard InChI is InChI=1S/C15H20N2O3/c1-20-13-7-3-2-5-11(13)9-14(18)17-8-4-6-12(10-17)15(16)19/h2-3,5,7,12H,4,6,8-10H2,1H3,(H2,16,19)/t12-/m0/s1. The lowest BCUT2D eigenvalue weighted by molar-refractivity contribution is -0.134. The molecule has 20 heavy (non-hydrogen) atoms. The van der Waals surface area contributed by atoms with Gasteiger partial charge in [0.1, 0.15) is 5.75 Å². The predicted octanol–water partition coefficient (Wildman–Crippen LogP) is 0.962. The van der Waals surface area contributed by atoms with Crippen molar-refractivity contribution in [2.75, 3.05) is 20.2 Å². The normalized spacial score (nSPS) is 18.6. The Labute approximate surface area is 118 Å². The van der Waals surface area contributed by atoms with E-state index >= 15 is 0 Å². The van der Waals surface area contributed by atoms with E-state index in [0.717, 1.165) is 18.4 Å². The minimum Gasteiger partial charge on any atom is -0.496 e.